The topological polar surface area (TPSA) is 153 Å². The number of nitrogens with one attached hydrogen (secondary N) is 4. The molecule has 0 fully saturated rings. The van der Waals surface area contributed by atoms with Gasteiger partial charge in [-0.1, -0.05) is 48.0 Å². The van der Waals surface area contributed by atoms with E-state index in [9.17, 15) is 19.2 Å². The number of hydrogen-bond acceptors (Lipinski definition) is 10. The van der Waals surface area contributed by atoms with Gasteiger partial charge in [0.15, 0.2) is 0 Å². The van der Waals surface area contributed by atoms with Crippen LogP contribution < -0.4 is 20.7 Å². The van der Waals surface area contributed by atoms with Crippen molar-refractivity contribution in [1.82, 2.24) is 20.7 Å². The van der Waals surface area contributed by atoms with Crippen molar-refractivity contribution in [3.8, 4) is 0 Å². The molecule has 0 saturated heterocycles. The van der Waals surface area contributed by atoms with Crippen molar-refractivity contribution in [2.24, 2.45) is 5.41 Å². The molecule has 4 amide bonds. The smallest absolute Gasteiger partial charge is 0.255 e. The van der Waals surface area contributed by atoms with E-state index >= 15 is 0 Å². The van der Waals surface area contributed by atoms with Gasteiger partial charge in [0.2, 0.25) is 17.7 Å². The van der Waals surface area contributed by atoms with Gasteiger partial charge in [-0.05, 0) is 24.8 Å². The summed E-state index contributed by atoms with van der Waals surface area (Å²) in [5.41, 5.74) is -0.333. The Hall–Kier alpha value is -1.58. The molecular weight excluding hydrogens is 584 g/mol. The fourth-order valence-corrected chi connectivity index (χ4v) is 4.68. The van der Waals surface area contributed by atoms with Gasteiger partial charge in [0.05, 0.1) is 39.6 Å². The summed E-state index contributed by atoms with van der Waals surface area (Å²) < 4.78 is 23.6. The molecule has 248 valence electrons. The highest BCUT2D eigenvalue weighted by atomic mass is 32.2. The van der Waals surface area contributed by atoms with Crippen LogP contribution in [0.25, 0.3) is 0 Å². The van der Waals surface area contributed by atoms with Crippen LogP contribution in [0.4, 0.5) is 0 Å². The first-order valence-corrected chi connectivity index (χ1v) is 15.7. The zero-order chi connectivity index (χ0) is 32.4. The third kappa shape index (κ3) is 29.9. The molecule has 0 aromatic heterocycles. The number of thiol groups is 1. The quantitative estimate of drug-likeness (QED) is 0.0642. The lowest BCUT2D eigenvalue weighted by Crippen LogP contribution is -2.38. The van der Waals surface area contributed by atoms with Crippen molar-refractivity contribution >= 4 is 48.2 Å². The number of rotatable bonds is 23. The second kappa shape index (κ2) is 25.9. The van der Waals surface area contributed by atoms with E-state index in [0.29, 0.717) is 58.0 Å². The summed E-state index contributed by atoms with van der Waals surface area (Å²) in [5.74, 6) is -0.421. The highest BCUT2D eigenvalue weighted by molar-refractivity contribution is 7.98. The fraction of sp³-hybridized carbons (Fsp3) is 0.857. The average molecular weight is 641 g/mol. The van der Waals surface area contributed by atoms with Crippen molar-refractivity contribution in [3.63, 3.8) is 0 Å². The molecule has 1 unspecified atom stereocenters. The molecule has 0 aliphatic heterocycles. The van der Waals surface area contributed by atoms with Crippen LogP contribution in [-0.2, 0) is 38.1 Å². The number of carbonyl (C=O) groups excluding carboxylic acids is 4. The second-order valence-corrected chi connectivity index (χ2v) is 13.3. The van der Waals surface area contributed by atoms with E-state index in [0.717, 1.165) is 19.3 Å². The van der Waals surface area contributed by atoms with Crippen LogP contribution in [0.2, 0.25) is 0 Å². The summed E-state index contributed by atoms with van der Waals surface area (Å²) in [6, 6.07) is 0. The first-order valence-electron chi connectivity index (χ1n) is 14.4. The van der Waals surface area contributed by atoms with Gasteiger partial charge in [0.25, 0.3) is 5.91 Å². The highest BCUT2D eigenvalue weighted by Crippen LogP contribution is 2.31. The van der Waals surface area contributed by atoms with Crippen molar-refractivity contribution in [2.75, 3.05) is 73.0 Å². The van der Waals surface area contributed by atoms with Gasteiger partial charge in [0, 0.05) is 42.5 Å². The lowest BCUT2D eigenvalue weighted by Gasteiger charge is -2.29. The molecule has 1 atom stereocenters. The summed E-state index contributed by atoms with van der Waals surface area (Å²) in [4.78, 5) is 45.2. The Balaban J connectivity index is 0. The Labute approximate surface area is 262 Å². The van der Waals surface area contributed by atoms with E-state index in [1.54, 1.807) is 7.05 Å². The van der Waals surface area contributed by atoms with E-state index in [1.165, 1.54) is 18.9 Å². The minimum atomic E-state index is -0.333. The van der Waals surface area contributed by atoms with Gasteiger partial charge in [-0.25, -0.2) is 0 Å². The molecule has 14 heteroatoms. The first-order chi connectivity index (χ1) is 19.6. The zero-order valence-electron chi connectivity index (χ0n) is 26.9. The minimum absolute atomic E-state index is 0.000232. The summed E-state index contributed by atoms with van der Waals surface area (Å²) in [6.45, 7) is 16.3. The zero-order valence-corrected chi connectivity index (χ0v) is 28.6. The second-order valence-electron chi connectivity index (χ2n) is 10.9. The van der Waals surface area contributed by atoms with Crippen LogP contribution in [0.5, 0.6) is 0 Å². The molecule has 0 heterocycles. The van der Waals surface area contributed by atoms with Crippen LogP contribution in [0.15, 0.2) is 0 Å². The third-order valence-electron chi connectivity index (χ3n) is 5.18. The van der Waals surface area contributed by atoms with E-state index < -0.39 is 0 Å². The number of hydrogen-bond donors (Lipinski definition) is 5. The number of carbonyl (C=O) groups is 4. The molecule has 0 bridgehead atoms. The van der Waals surface area contributed by atoms with Crippen LogP contribution in [-0.4, -0.2) is 107 Å². The maximum absolute atomic E-state index is 11.6. The molecule has 0 spiro atoms. The molecular formula is C28H56N4O8S2. The van der Waals surface area contributed by atoms with Crippen molar-refractivity contribution in [3.05, 3.63) is 0 Å². The maximum Gasteiger partial charge on any atom is 0.255 e. The number of amides is 4. The Morgan fingerprint density at radius 3 is 1.79 bits per heavy atom. The van der Waals surface area contributed by atoms with Gasteiger partial charge >= 0.3 is 0 Å². The van der Waals surface area contributed by atoms with Crippen LogP contribution >= 0.6 is 24.6 Å². The molecule has 0 aromatic rings. The van der Waals surface area contributed by atoms with Gasteiger partial charge < -0.3 is 34.9 Å². The highest BCUT2D eigenvalue weighted by Gasteiger charge is 2.32. The van der Waals surface area contributed by atoms with Crippen molar-refractivity contribution in [1.29, 1.82) is 0 Å². The largest absolute Gasteiger partial charge is 0.377 e. The third-order valence-corrected chi connectivity index (χ3v) is 6.33. The Kier molecular flexibility index (Phi) is 26.2. The van der Waals surface area contributed by atoms with Crippen LogP contribution in [0, 0.1) is 5.41 Å². The summed E-state index contributed by atoms with van der Waals surface area (Å²) in [7, 11) is 1.66. The molecule has 0 aliphatic carbocycles. The SMILES string of the molecule is CCCC(C)SNC(=O)COCCOCCNC(=O)COCCOCCNC(C)=O.CNC(=O)C(C)(C)CC(C)(C)S. The lowest BCUT2D eigenvalue weighted by molar-refractivity contribution is -0.129. The predicted octanol–water partition coefficient (Wildman–Crippen LogP) is 2.12. The van der Waals surface area contributed by atoms with Gasteiger partial charge in [0.1, 0.15) is 13.2 Å². The summed E-state index contributed by atoms with van der Waals surface area (Å²) in [6.07, 6.45) is 2.91. The minimum Gasteiger partial charge on any atom is -0.377 e. The molecule has 0 aliphatic rings. The van der Waals surface area contributed by atoms with Crippen molar-refractivity contribution in [2.45, 2.75) is 77.7 Å². The molecule has 0 rings (SSSR count). The maximum atomic E-state index is 11.6. The summed E-state index contributed by atoms with van der Waals surface area (Å²) >= 11 is 5.82. The molecule has 4 N–H and O–H groups in total. The van der Waals surface area contributed by atoms with E-state index in [4.69, 9.17) is 18.9 Å². The monoisotopic (exact) mass is 640 g/mol. The summed E-state index contributed by atoms with van der Waals surface area (Å²) in [5, 5.41) is 8.32. The Morgan fingerprint density at radius 1 is 0.810 bits per heavy atom. The molecule has 0 radical (unpaired) electrons. The Morgan fingerprint density at radius 2 is 1.31 bits per heavy atom. The van der Waals surface area contributed by atoms with E-state index in [2.05, 4.69) is 47.1 Å². The standard InChI is InChI=1S/C19H37N3O7S.C9H19NOS/c1-4-5-16(2)30-22-19(25)15-29-13-11-27-9-7-21-18(24)14-28-12-10-26-8-6-20-17(3)23;1-8(2,7(11)10-5)6-9(3,4)12/h16H,4-15H2,1-3H3,(H,20,23)(H,21,24)(H,22,25);12H,6H2,1-5H3,(H,10,11). The van der Waals surface area contributed by atoms with Gasteiger partial charge in [-0.3, -0.25) is 23.9 Å². The van der Waals surface area contributed by atoms with Crippen LogP contribution in [0.3, 0.4) is 0 Å². The molecule has 0 saturated carbocycles. The predicted molar refractivity (Wildman–Crippen MR) is 171 cm³/mol. The van der Waals surface area contributed by atoms with Gasteiger partial charge in [-0.2, -0.15) is 12.6 Å². The lowest BCUT2D eigenvalue weighted by atomic mass is 9.83. The Bertz CT molecular complexity index is 752. The number of ether oxygens (including phenoxy) is 4. The van der Waals surface area contributed by atoms with E-state index in [-0.39, 0.29) is 47.0 Å². The first kappa shape index (κ1) is 42.6. The normalized spacial score (nSPS) is 12.0. The van der Waals surface area contributed by atoms with Crippen LogP contribution in [0.1, 0.15) is 67.7 Å². The van der Waals surface area contributed by atoms with Gasteiger partial charge in [-0.15, -0.1) is 0 Å². The molecule has 42 heavy (non-hydrogen) atoms. The molecule has 0 aromatic carbocycles. The van der Waals surface area contributed by atoms with Crippen molar-refractivity contribution < 1.29 is 38.1 Å². The van der Waals surface area contributed by atoms with E-state index in [1.807, 2.05) is 27.7 Å². The average Bonchev–Trinajstić information content (AvgIpc) is 2.89. The molecule has 12 nitrogen and oxygen atoms in total. The fourth-order valence-electron chi connectivity index (χ4n) is 3.54.